The number of phenols is 1. The quantitative estimate of drug-likeness (QED) is 0.0415. The van der Waals surface area contributed by atoms with Crippen LogP contribution in [0.15, 0.2) is 146 Å². The van der Waals surface area contributed by atoms with Gasteiger partial charge in [0, 0.05) is 59.1 Å². The zero-order valence-corrected chi connectivity index (χ0v) is 42.3. The lowest BCUT2D eigenvalue weighted by molar-refractivity contribution is -0.192. The molecule has 5 aromatic carbocycles. The van der Waals surface area contributed by atoms with E-state index < -0.39 is 36.1 Å². The van der Waals surface area contributed by atoms with Gasteiger partial charge in [0.1, 0.15) is 28.0 Å². The molecule has 5 aromatic rings. The molecule has 78 heavy (non-hydrogen) atoms. The summed E-state index contributed by atoms with van der Waals surface area (Å²) in [5.74, 6) is -2.18. The molecule has 20 nitrogen and oxygen atoms in total. The molecule has 0 aromatic heterocycles. The van der Waals surface area contributed by atoms with Gasteiger partial charge < -0.3 is 62.0 Å². The fraction of sp³-hybridized carbons (Fsp3) is 0.222. The van der Waals surface area contributed by atoms with Gasteiger partial charge in [-0.3, -0.25) is 14.8 Å². The summed E-state index contributed by atoms with van der Waals surface area (Å²) in [5.41, 5.74) is 4.74. The highest BCUT2D eigenvalue weighted by molar-refractivity contribution is 8.18. The van der Waals surface area contributed by atoms with E-state index in [0.717, 1.165) is 54.1 Å². The number of halogens is 3. The van der Waals surface area contributed by atoms with Crippen LogP contribution in [0.4, 0.5) is 51.2 Å². The number of carbonyl (C=O) groups is 5. The van der Waals surface area contributed by atoms with Crippen molar-refractivity contribution in [2.45, 2.75) is 19.5 Å². The molecule has 5 amide bonds. The third kappa shape index (κ3) is 15.0. The SMILES string of the molecule is CCOC(=O)C1=C(O)/C(=C/c2ccc(OC[C@@H]3C[C@H]3CNC(=O)c3cc(NC(=O)Nc4ccc(C5=NCCN5)cc4)cc(NC(=O)Nc4ccc(C5=NCCN5)cc4)c3)c(O)c2)SC1=Nc1ccccc1.O=C(O)C(F)(F)F. The van der Waals surface area contributed by atoms with Gasteiger partial charge in [-0.05, 0) is 128 Å². The van der Waals surface area contributed by atoms with Crippen molar-refractivity contribution in [3.05, 3.63) is 154 Å². The number of rotatable bonds is 16. The number of amidine groups is 2. The van der Waals surface area contributed by atoms with Crippen LogP contribution in [0.3, 0.4) is 0 Å². The van der Waals surface area contributed by atoms with Crippen LogP contribution < -0.4 is 42.0 Å². The molecule has 0 unspecified atom stereocenters. The number of aliphatic hydroxyl groups is 1. The number of carbonyl (C=O) groups excluding carboxylic acids is 4. The van der Waals surface area contributed by atoms with E-state index in [4.69, 9.17) is 19.4 Å². The van der Waals surface area contributed by atoms with E-state index in [2.05, 4.69) is 52.2 Å². The number of aliphatic hydroxyl groups excluding tert-OH is 1. The Labute approximate surface area is 448 Å². The molecule has 1 saturated carbocycles. The summed E-state index contributed by atoms with van der Waals surface area (Å²) in [6.07, 6.45) is -2.67. The molecule has 3 aliphatic heterocycles. The molecule has 1 fully saturated rings. The maximum Gasteiger partial charge on any atom is 0.490 e. The fourth-order valence-corrected chi connectivity index (χ4v) is 8.93. The van der Waals surface area contributed by atoms with Gasteiger partial charge >= 0.3 is 30.2 Å². The number of nitrogens with zero attached hydrogens (tertiary/aromatic N) is 3. The van der Waals surface area contributed by atoms with Crippen LogP contribution in [0.25, 0.3) is 6.08 Å². The minimum atomic E-state index is -5.08. The minimum Gasteiger partial charge on any atom is -0.506 e. The molecule has 404 valence electrons. The number of para-hydroxylation sites is 1. The molecule has 0 radical (unpaired) electrons. The number of aliphatic imine (C=N–C) groups is 3. The van der Waals surface area contributed by atoms with Gasteiger partial charge in [-0.1, -0.05) is 36.0 Å². The largest absolute Gasteiger partial charge is 0.506 e. The van der Waals surface area contributed by atoms with E-state index in [0.29, 0.717) is 52.2 Å². The van der Waals surface area contributed by atoms with Gasteiger partial charge in [0.2, 0.25) is 0 Å². The van der Waals surface area contributed by atoms with Gasteiger partial charge in [0.15, 0.2) is 11.5 Å². The van der Waals surface area contributed by atoms with Crippen molar-refractivity contribution in [2.75, 3.05) is 67.2 Å². The molecule has 9 rings (SSSR count). The summed E-state index contributed by atoms with van der Waals surface area (Å²) >= 11 is 1.12. The van der Waals surface area contributed by atoms with Crippen molar-refractivity contribution in [3.8, 4) is 11.5 Å². The highest BCUT2D eigenvalue weighted by Crippen LogP contribution is 2.42. The number of aliphatic carboxylic acids is 1. The Hall–Kier alpha value is -9.32. The molecular formula is C54H51F3N10O10S. The average molecular weight is 1090 g/mol. The minimum absolute atomic E-state index is 0.0311. The number of phenolic OH excluding ortho intramolecular Hbond substituents is 1. The van der Waals surface area contributed by atoms with E-state index in [1.54, 1.807) is 67.6 Å². The fourth-order valence-electron chi connectivity index (χ4n) is 7.89. The number of nitrogens with one attached hydrogen (secondary N) is 7. The monoisotopic (exact) mass is 1090 g/mol. The number of hydrogen-bond acceptors (Lipinski definition) is 15. The first-order valence-electron chi connectivity index (χ1n) is 24.3. The Morgan fingerprint density at radius 3 is 1.83 bits per heavy atom. The summed E-state index contributed by atoms with van der Waals surface area (Å²) in [4.78, 5) is 75.6. The van der Waals surface area contributed by atoms with Gasteiger partial charge in [0.25, 0.3) is 5.91 Å². The number of carboxylic acid groups (broad SMARTS) is 1. The Morgan fingerprint density at radius 1 is 0.756 bits per heavy atom. The predicted octanol–water partition coefficient (Wildman–Crippen LogP) is 8.65. The van der Waals surface area contributed by atoms with Crippen molar-refractivity contribution in [1.29, 1.82) is 0 Å². The summed E-state index contributed by atoms with van der Waals surface area (Å²) < 4.78 is 42.9. The molecule has 0 bridgehead atoms. The number of ether oxygens (including phenoxy) is 2. The number of carboxylic acids is 1. The standard InChI is InChI=1S/C52H50N10O8S.C2HF3O2/c1-2-69-50(66)44-45(64)43(71-49(44)58-36-6-4-3-5-7-36)23-30-8-17-42(41(63)22-30)70-29-35-24-34(35)28-57-48(65)33-25-39(61-51(67)59-37-13-9-31(10-14-37)46-53-18-19-54-46)27-40(26-33)62-52(68)60-38-15-11-32(12-16-38)47-55-20-21-56-47;3-2(4,5)1(6)7/h3-17,22-23,25-27,34-35,63-64H,2,18-21,24,28-29H2,1H3,(H,53,54)(H,55,56)(H,57,65)(H2,59,61,67)(H2,60,62,68);(H,6,7)/b43-23-,58-49?;/t34-,35-;/m0./s1. The molecule has 3 heterocycles. The van der Waals surface area contributed by atoms with Crippen molar-refractivity contribution < 1.29 is 61.9 Å². The summed E-state index contributed by atoms with van der Waals surface area (Å²) in [7, 11) is 0. The number of urea groups is 2. The first-order chi connectivity index (χ1) is 37.5. The maximum absolute atomic E-state index is 13.7. The number of thioether (sulfide) groups is 1. The van der Waals surface area contributed by atoms with E-state index in [-0.39, 0.29) is 64.8 Å². The van der Waals surface area contributed by atoms with Crippen LogP contribution in [0.1, 0.15) is 40.4 Å². The van der Waals surface area contributed by atoms with E-state index in [1.165, 1.54) is 18.2 Å². The molecule has 1 aliphatic carbocycles. The zero-order chi connectivity index (χ0) is 55.3. The number of hydrogen-bond donors (Lipinski definition) is 10. The smallest absolute Gasteiger partial charge is 0.490 e. The van der Waals surface area contributed by atoms with Crippen molar-refractivity contribution in [3.63, 3.8) is 0 Å². The maximum atomic E-state index is 13.7. The highest BCUT2D eigenvalue weighted by Gasteiger charge is 2.39. The van der Waals surface area contributed by atoms with E-state index in [1.807, 2.05) is 42.5 Å². The number of amides is 5. The van der Waals surface area contributed by atoms with E-state index >= 15 is 0 Å². The third-order valence-electron chi connectivity index (χ3n) is 11.8. The lowest BCUT2D eigenvalue weighted by Gasteiger charge is -2.14. The Morgan fingerprint density at radius 2 is 1.32 bits per heavy atom. The number of aromatic hydroxyl groups is 1. The number of anilines is 4. The van der Waals surface area contributed by atoms with Crippen LogP contribution >= 0.6 is 11.8 Å². The molecule has 0 spiro atoms. The van der Waals surface area contributed by atoms with Crippen LogP contribution in [-0.4, -0.2) is 114 Å². The van der Waals surface area contributed by atoms with Gasteiger partial charge in [-0.25, -0.2) is 24.2 Å². The van der Waals surface area contributed by atoms with Crippen molar-refractivity contribution in [2.24, 2.45) is 26.8 Å². The van der Waals surface area contributed by atoms with Crippen LogP contribution in [0.2, 0.25) is 0 Å². The second-order valence-corrected chi connectivity index (χ2v) is 18.6. The van der Waals surface area contributed by atoms with Crippen LogP contribution in [0, 0.1) is 11.8 Å². The first-order valence-corrected chi connectivity index (χ1v) is 25.1. The van der Waals surface area contributed by atoms with Gasteiger partial charge in [-0.15, -0.1) is 0 Å². The molecule has 2 atom stereocenters. The zero-order valence-electron chi connectivity index (χ0n) is 41.4. The topological polar surface area (TPSA) is 286 Å². The van der Waals surface area contributed by atoms with Crippen LogP contribution in [0.5, 0.6) is 11.5 Å². The van der Waals surface area contributed by atoms with Crippen molar-refractivity contribution in [1.82, 2.24) is 16.0 Å². The predicted molar refractivity (Wildman–Crippen MR) is 290 cm³/mol. The molecule has 24 heteroatoms. The molecule has 10 N–H and O–H groups in total. The van der Waals surface area contributed by atoms with Crippen LogP contribution in [-0.2, 0) is 14.3 Å². The number of esters is 1. The second kappa shape index (κ2) is 25.0. The molecule has 4 aliphatic rings. The Bertz CT molecular complexity index is 3140. The molecular weight excluding hydrogens is 1040 g/mol. The normalized spacial score (nSPS) is 17.3. The third-order valence-corrected chi connectivity index (χ3v) is 12.8. The number of alkyl halides is 3. The second-order valence-electron chi connectivity index (χ2n) is 17.5. The molecule has 0 saturated heterocycles. The first kappa shape index (κ1) is 54.9. The van der Waals surface area contributed by atoms with E-state index in [9.17, 15) is 42.6 Å². The Balaban J connectivity index is 0.00000107. The summed E-state index contributed by atoms with van der Waals surface area (Å²) in [5, 5.41) is 50.0. The van der Waals surface area contributed by atoms with Gasteiger partial charge in [0.05, 0.1) is 36.9 Å². The summed E-state index contributed by atoms with van der Waals surface area (Å²) in [6.45, 7) is 5.40. The Kier molecular flexibility index (Phi) is 17.6. The summed E-state index contributed by atoms with van der Waals surface area (Å²) in [6, 6.07) is 31.9. The van der Waals surface area contributed by atoms with Crippen molar-refractivity contribution >= 4 is 92.9 Å². The highest BCUT2D eigenvalue weighted by atomic mass is 32.2. The lowest BCUT2D eigenvalue weighted by Crippen LogP contribution is -2.27. The number of benzene rings is 5. The average Bonchev–Trinajstić information content (AvgIpc) is 3.80. The lowest BCUT2D eigenvalue weighted by atomic mass is 10.1. The van der Waals surface area contributed by atoms with Gasteiger partial charge in [-0.2, -0.15) is 13.2 Å².